The molecule has 38 heavy (non-hydrogen) atoms. The molecule has 4 amide bonds. The molecule has 0 bridgehead atoms. The van der Waals surface area contributed by atoms with E-state index in [9.17, 15) is 28.7 Å². The summed E-state index contributed by atoms with van der Waals surface area (Å²) in [5.41, 5.74) is 1.74. The van der Waals surface area contributed by atoms with Crippen molar-refractivity contribution in [2.75, 3.05) is 26.7 Å². The van der Waals surface area contributed by atoms with Crippen LogP contribution in [-0.2, 0) is 20.9 Å². The number of carboxylic acids is 1. The maximum absolute atomic E-state index is 13.6. The van der Waals surface area contributed by atoms with Crippen molar-refractivity contribution in [1.82, 2.24) is 25.1 Å². The summed E-state index contributed by atoms with van der Waals surface area (Å²) in [7, 11) is 1.62. The van der Waals surface area contributed by atoms with Crippen LogP contribution < -0.4 is 5.32 Å². The molecule has 0 spiro atoms. The van der Waals surface area contributed by atoms with Gasteiger partial charge >= 0.3 is 12.0 Å². The smallest absolute Gasteiger partial charge is 0.334 e. The van der Waals surface area contributed by atoms with Gasteiger partial charge in [-0.1, -0.05) is 49.4 Å². The summed E-state index contributed by atoms with van der Waals surface area (Å²) >= 11 is 0. The number of likely N-dealkylation sites (N-methyl/N-ethyl adjacent to an activating group) is 1. The quantitative estimate of drug-likeness (QED) is 0.547. The summed E-state index contributed by atoms with van der Waals surface area (Å²) in [6.07, 6.45) is -1.16. The summed E-state index contributed by atoms with van der Waals surface area (Å²) < 4.78 is 13.3. The van der Waals surface area contributed by atoms with Crippen molar-refractivity contribution >= 4 is 23.8 Å². The zero-order valence-corrected chi connectivity index (χ0v) is 21.4. The molecule has 2 N–H and O–H groups in total. The molecular weight excluding hydrogens is 493 g/mol. The van der Waals surface area contributed by atoms with E-state index in [1.807, 2.05) is 37.3 Å². The average molecular weight is 526 g/mol. The number of hydrogen-bond donors (Lipinski definition) is 2. The van der Waals surface area contributed by atoms with E-state index in [0.717, 1.165) is 5.56 Å². The van der Waals surface area contributed by atoms with Crippen molar-refractivity contribution in [3.63, 3.8) is 0 Å². The molecule has 2 saturated heterocycles. The molecule has 2 aromatic rings. The second kappa shape index (κ2) is 11.6. The van der Waals surface area contributed by atoms with Gasteiger partial charge in [-0.05, 0) is 35.6 Å². The SMILES string of the molecule is CC(CN1C[C@H]2N(C(=O)CN(C)N2C(=O)NCc2ccc(F)cc2)[C@@H](CCC(=O)O)C1=O)c1ccccc1. The number of hydrazine groups is 1. The molecule has 2 fully saturated rings. The van der Waals surface area contributed by atoms with Crippen molar-refractivity contribution in [1.29, 1.82) is 0 Å². The second-order valence-electron chi connectivity index (χ2n) is 9.73. The molecule has 2 aliphatic heterocycles. The van der Waals surface area contributed by atoms with Crippen molar-refractivity contribution in [2.45, 2.75) is 44.4 Å². The van der Waals surface area contributed by atoms with Crippen molar-refractivity contribution in [2.24, 2.45) is 0 Å². The molecular formula is C27H32FN5O5. The van der Waals surface area contributed by atoms with Crippen LogP contribution in [0.2, 0.25) is 0 Å². The first kappa shape index (κ1) is 27.1. The minimum absolute atomic E-state index is 0.0235. The standard InChI is InChI=1S/C27H32FN5O5/c1-18(20-6-4-3-5-7-20)15-31-16-23-32(22(26(31)37)12-13-25(35)36)24(34)17-30(2)33(23)27(38)29-14-19-8-10-21(28)11-9-19/h3-11,18,22-23H,12-17H2,1-2H3,(H,29,38)(H,35,36)/t18?,22-,23-/m0/s1. The number of rotatable bonds is 8. The Morgan fingerprint density at radius 3 is 2.45 bits per heavy atom. The van der Waals surface area contributed by atoms with E-state index in [1.54, 1.807) is 24.1 Å². The molecule has 2 aliphatic rings. The Bertz CT molecular complexity index is 1180. The fraction of sp³-hybridized carbons (Fsp3) is 0.407. The van der Waals surface area contributed by atoms with Crippen LogP contribution >= 0.6 is 0 Å². The third kappa shape index (κ3) is 5.94. The van der Waals surface area contributed by atoms with E-state index in [4.69, 9.17) is 0 Å². The fourth-order valence-corrected chi connectivity index (χ4v) is 5.08. The van der Waals surface area contributed by atoms with Gasteiger partial charge in [0.1, 0.15) is 18.0 Å². The number of carboxylic acid groups (broad SMARTS) is 1. The minimum atomic E-state index is -1.07. The molecule has 10 nitrogen and oxygen atoms in total. The number of carbonyl (C=O) groups is 4. The van der Waals surface area contributed by atoms with Gasteiger partial charge in [0, 0.05) is 26.6 Å². The van der Waals surface area contributed by atoms with Gasteiger partial charge in [-0.25, -0.2) is 19.2 Å². The zero-order valence-electron chi connectivity index (χ0n) is 21.4. The minimum Gasteiger partial charge on any atom is -0.481 e. The Labute approximate surface area is 220 Å². The molecule has 4 rings (SSSR count). The van der Waals surface area contributed by atoms with Crippen LogP contribution in [0.5, 0.6) is 0 Å². The van der Waals surface area contributed by atoms with Gasteiger partial charge in [0.25, 0.3) is 0 Å². The number of amides is 4. The van der Waals surface area contributed by atoms with Crippen molar-refractivity contribution < 1.29 is 28.7 Å². The van der Waals surface area contributed by atoms with Crippen LogP contribution in [-0.4, -0.2) is 87.6 Å². The molecule has 1 unspecified atom stereocenters. The number of benzene rings is 2. The Hall–Kier alpha value is -3.99. The number of urea groups is 1. The van der Waals surface area contributed by atoms with E-state index >= 15 is 0 Å². The largest absolute Gasteiger partial charge is 0.481 e. The van der Waals surface area contributed by atoms with E-state index in [2.05, 4.69) is 5.32 Å². The number of fused-ring (bicyclic) bond motifs is 1. The van der Waals surface area contributed by atoms with Gasteiger partial charge in [0.15, 0.2) is 0 Å². The van der Waals surface area contributed by atoms with Crippen LogP contribution in [0.15, 0.2) is 54.6 Å². The number of hydrogen-bond acceptors (Lipinski definition) is 5. The summed E-state index contributed by atoms with van der Waals surface area (Å²) in [4.78, 5) is 54.5. The average Bonchev–Trinajstić information content (AvgIpc) is 2.89. The van der Waals surface area contributed by atoms with Crippen LogP contribution in [0.4, 0.5) is 9.18 Å². The second-order valence-corrected chi connectivity index (χ2v) is 9.73. The van der Waals surface area contributed by atoms with Crippen LogP contribution in [0.3, 0.4) is 0 Å². The van der Waals surface area contributed by atoms with E-state index in [0.29, 0.717) is 12.1 Å². The Morgan fingerprint density at radius 1 is 1.11 bits per heavy atom. The first-order valence-electron chi connectivity index (χ1n) is 12.5. The maximum Gasteiger partial charge on any atom is 0.334 e. The molecule has 0 aliphatic carbocycles. The zero-order chi connectivity index (χ0) is 27.4. The van der Waals surface area contributed by atoms with Gasteiger partial charge < -0.3 is 20.2 Å². The predicted octanol–water partition coefficient (Wildman–Crippen LogP) is 2.23. The highest BCUT2D eigenvalue weighted by Crippen LogP contribution is 2.29. The number of nitrogens with zero attached hydrogens (tertiary/aromatic N) is 4. The third-order valence-electron chi connectivity index (χ3n) is 7.00. The normalized spacial score (nSPS) is 20.8. The molecule has 2 aromatic carbocycles. The van der Waals surface area contributed by atoms with Gasteiger partial charge in [-0.2, -0.15) is 0 Å². The molecule has 202 valence electrons. The topological polar surface area (TPSA) is 114 Å². The van der Waals surface area contributed by atoms with E-state index < -0.39 is 24.2 Å². The van der Waals surface area contributed by atoms with Crippen molar-refractivity contribution in [3.8, 4) is 0 Å². The number of halogens is 1. The highest BCUT2D eigenvalue weighted by Gasteiger charge is 2.50. The molecule has 0 saturated carbocycles. The predicted molar refractivity (Wildman–Crippen MR) is 136 cm³/mol. The number of carbonyl (C=O) groups excluding carboxylic acids is 3. The van der Waals surface area contributed by atoms with Gasteiger partial charge in [-0.3, -0.25) is 14.4 Å². The summed E-state index contributed by atoms with van der Waals surface area (Å²) in [6, 6.07) is 14.0. The Kier molecular flexibility index (Phi) is 8.26. The monoisotopic (exact) mass is 525 g/mol. The first-order valence-corrected chi connectivity index (χ1v) is 12.5. The Morgan fingerprint density at radius 2 is 1.79 bits per heavy atom. The van der Waals surface area contributed by atoms with E-state index in [-0.39, 0.29) is 56.0 Å². The lowest BCUT2D eigenvalue weighted by Crippen LogP contribution is -2.76. The summed E-state index contributed by atoms with van der Waals surface area (Å²) in [5, 5.41) is 15.0. The third-order valence-corrected chi connectivity index (χ3v) is 7.00. The molecule has 0 radical (unpaired) electrons. The van der Waals surface area contributed by atoms with Crippen LogP contribution in [0.25, 0.3) is 0 Å². The number of piperazine rings is 1. The lowest BCUT2D eigenvalue weighted by molar-refractivity contribution is -0.188. The van der Waals surface area contributed by atoms with Gasteiger partial charge in [0.2, 0.25) is 11.8 Å². The number of nitrogens with one attached hydrogen (secondary N) is 1. The van der Waals surface area contributed by atoms with Gasteiger partial charge in [0.05, 0.1) is 13.1 Å². The summed E-state index contributed by atoms with van der Waals surface area (Å²) in [6.45, 7) is 2.42. The number of aliphatic carboxylic acids is 1. The summed E-state index contributed by atoms with van der Waals surface area (Å²) in [5.74, 6) is -2.15. The fourth-order valence-electron chi connectivity index (χ4n) is 5.08. The molecule has 2 heterocycles. The highest BCUT2D eigenvalue weighted by molar-refractivity contribution is 5.91. The maximum atomic E-state index is 13.6. The molecule has 0 aromatic heterocycles. The lowest BCUT2D eigenvalue weighted by Gasteiger charge is -2.54. The first-order chi connectivity index (χ1) is 18.2. The molecule has 3 atom stereocenters. The van der Waals surface area contributed by atoms with Crippen LogP contribution in [0.1, 0.15) is 36.8 Å². The van der Waals surface area contributed by atoms with Gasteiger partial charge in [-0.15, -0.1) is 0 Å². The van der Waals surface area contributed by atoms with Crippen molar-refractivity contribution in [3.05, 3.63) is 71.5 Å². The van der Waals surface area contributed by atoms with Crippen LogP contribution in [0, 0.1) is 5.82 Å². The molecule has 11 heteroatoms. The Balaban J connectivity index is 1.59. The van der Waals surface area contributed by atoms with E-state index in [1.165, 1.54) is 27.1 Å². The highest BCUT2D eigenvalue weighted by atomic mass is 19.1. The lowest BCUT2D eigenvalue weighted by atomic mass is 9.97.